The lowest BCUT2D eigenvalue weighted by atomic mass is 9.97. The maximum Gasteiger partial charge on any atom is 0.224 e. The number of hydrogen-bond donors (Lipinski definition) is 1. The van der Waals surface area contributed by atoms with Gasteiger partial charge in [0.05, 0.1) is 5.69 Å². The summed E-state index contributed by atoms with van der Waals surface area (Å²) in [5.74, 6) is 0.0206. The smallest absolute Gasteiger partial charge is 0.224 e. The fraction of sp³-hybridized carbons (Fsp3) is 0.158. The van der Waals surface area contributed by atoms with Gasteiger partial charge in [-0.25, -0.2) is 0 Å². The summed E-state index contributed by atoms with van der Waals surface area (Å²) in [6.45, 7) is 1.99. The number of halogens is 1. The Morgan fingerprint density at radius 2 is 1.96 bits per heavy atom. The predicted molar refractivity (Wildman–Crippen MR) is 102 cm³/mol. The van der Waals surface area contributed by atoms with Crippen molar-refractivity contribution in [3.63, 3.8) is 0 Å². The van der Waals surface area contributed by atoms with Gasteiger partial charge in [0, 0.05) is 33.6 Å². The van der Waals surface area contributed by atoms with E-state index in [-0.39, 0.29) is 5.91 Å². The number of carbonyl (C=O) groups excluding carboxylic acids is 1. The van der Waals surface area contributed by atoms with Crippen molar-refractivity contribution < 1.29 is 4.79 Å². The summed E-state index contributed by atoms with van der Waals surface area (Å²) in [7, 11) is 0. The third-order valence-electron chi connectivity index (χ3n) is 3.66. The zero-order valence-electron chi connectivity index (χ0n) is 13.3. The van der Waals surface area contributed by atoms with Gasteiger partial charge in [-0.2, -0.15) is 4.37 Å². The minimum absolute atomic E-state index is 0.0206. The Balaban J connectivity index is 2.06. The van der Waals surface area contributed by atoms with Gasteiger partial charge in [-0.15, -0.1) is 0 Å². The maximum atomic E-state index is 11.9. The van der Waals surface area contributed by atoms with Gasteiger partial charge in [0.2, 0.25) is 5.91 Å². The number of nitrogens with one attached hydrogen (secondary N) is 1. The molecule has 0 aliphatic rings. The molecule has 0 radical (unpaired) electrons. The van der Waals surface area contributed by atoms with E-state index in [1.165, 1.54) is 11.5 Å². The van der Waals surface area contributed by atoms with Gasteiger partial charge in [-0.05, 0) is 47.8 Å². The first-order valence-electron chi connectivity index (χ1n) is 7.78. The van der Waals surface area contributed by atoms with E-state index >= 15 is 0 Å². The van der Waals surface area contributed by atoms with Crippen LogP contribution in [0, 0.1) is 0 Å². The topological polar surface area (TPSA) is 42.0 Å². The number of amides is 1. The van der Waals surface area contributed by atoms with E-state index in [2.05, 4.69) is 9.69 Å². The molecule has 0 fully saturated rings. The van der Waals surface area contributed by atoms with Crippen LogP contribution in [-0.4, -0.2) is 10.3 Å². The van der Waals surface area contributed by atoms with Crippen molar-refractivity contribution in [1.82, 2.24) is 4.37 Å². The molecule has 0 saturated heterocycles. The van der Waals surface area contributed by atoms with Crippen molar-refractivity contribution in [2.24, 2.45) is 0 Å². The van der Waals surface area contributed by atoms with E-state index in [9.17, 15) is 4.79 Å². The van der Waals surface area contributed by atoms with Crippen LogP contribution in [0.15, 0.2) is 53.9 Å². The number of benzene rings is 2. The van der Waals surface area contributed by atoms with Gasteiger partial charge in [0.1, 0.15) is 0 Å². The summed E-state index contributed by atoms with van der Waals surface area (Å²) < 4.78 is 4.44. The zero-order valence-corrected chi connectivity index (χ0v) is 14.8. The molecule has 0 atom stereocenters. The normalized spacial score (nSPS) is 10.6. The molecule has 0 aliphatic heterocycles. The molecule has 0 bridgehead atoms. The largest absolute Gasteiger partial charge is 0.326 e. The van der Waals surface area contributed by atoms with Gasteiger partial charge in [-0.3, -0.25) is 4.79 Å². The Bertz CT molecular complexity index is 846. The summed E-state index contributed by atoms with van der Waals surface area (Å²) >= 11 is 7.77. The lowest BCUT2D eigenvalue weighted by Crippen LogP contribution is -2.10. The van der Waals surface area contributed by atoms with Crippen molar-refractivity contribution >= 4 is 34.7 Å². The number of anilines is 1. The van der Waals surface area contributed by atoms with Crippen molar-refractivity contribution in [2.75, 3.05) is 5.32 Å². The van der Waals surface area contributed by atoms with Gasteiger partial charge in [0.25, 0.3) is 0 Å². The molecular weight excluding hydrogens is 340 g/mol. The summed E-state index contributed by atoms with van der Waals surface area (Å²) in [4.78, 5) is 11.9. The second-order valence-corrected chi connectivity index (χ2v) is 6.50. The average Bonchev–Trinajstić information content (AvgIpc) is 3.10. The summed E-state index contributed by atoms with van der Waals surface area (Å²) in [6.07, 6.45) is 1.33. The highest BCUT2D eigenvalue weighted by Crippen LogP contribution is 2.37. The van der Waals surface area contributed by atoms with Crippen LogP contribution < -0.4 is 5.32 Å². The van der Waals surface area contributed by atoms with Crippen LogP contribution in [0.3, 0.4) is 0 Å². The van der Waals surface area contributed by atoms with E-state index in [1.54, 1.807) is 0 Å². The van der Waals surface area contributed by atoms with E-state index in [0.29, 0.717) is 11.4 Å². The molecular formula is C19H17ClN2OS. The summed E-state index contributed by atoms with van der Waals surface area (Å²) in [5.41, 5.74) is 4.56. The molecule has 0 unspecified atom stereocenters. The Kier molecular flexibility index (Phi) is 5.28. The first-order valence-corrected chi connectivity index (χ1v) is 9.00. The van der Waals surface area contributed by atoms with Crippen LogP contribution in [0.4, 0.5) is 5.69 Å². The van der Waals surface area contributed by atoms with Crippen LogP contribution >= 0.6 is 23.1 Å². The molecule has 1 amide bonds. The van der Waals surface area contributed by atoms with Crippen molar-refractivity contribution in [1.29, 1.82) is 0 Å². The third kappa shape index (κ3) is 3.66. The van der Waals surface area contributed by atoms with Crippen molar-refractivity contribution in [3.8, 4) is 22.4 Å². The first kappa shape index (κ1) is 16.7. The van der Waals surface area contributed by atoms with Gasteiger partial charge in [-0.1, -0.05) is 42.8 Å². The number of aromatic nitrogens is 1. The molecule has 0 aliphatic carbocycles. The molecule has 24 heavy (non-hydrogen) atoms. The van der Waals surface area contributed by atoms with Crippen LogP contribution in [0.2, 0.25) is 5.02 Å². The zero-order chi connectivity index (χ0) is 16.9. The molecule has 122 valence electrons. The molecule has 0 saturated carbocycles. The third-order valence-corrected chi connectivity index (χ3v) is 4.55. The lowest BCUT2D eigenvalue weighted by Gasteiger charge is -2.13. The maximum absolute atomic E-state index is 11.9. The molecule has 1 aromatic heterocycles. The monoisotopic (exact) mass is 356 g/mol. The van der Waals surface area contributed by atoms with E-state index in [4.69, 9.17) is 11.6 Å². The number of hydrogen-bond acceptors (Lipinski definition) is 3. The minimum Gasteiger partial charge on any atom is -0.326 e. The Morgan fingerprint density at radius 3 is 2.67 bits per heavy atom. The number of carbonyl (C=O) groups is 1. The van der Waals surface area contributed by atoms with Crippen LogP contribution in [0.5, 0.6) is 0 Å². The average molecular weight is 357 g/mol. The highest BCUT2D eigenvalue weighted by molar-refractivity contribution is 7.03. The molecule has 0 spiro atoms. The number of rotatable bonds is 5. The Hall–Kier alpha value is -2.17. The van der Waals surface area contributed by atoms with Gasteiger partial charge >= 0.3 is 0 Å². The van der Waals surface area contributed by atoms with Crippen molar-refractivity contribution in [2.45, 2.75) is 19.8 Å². The fourth-order valence-corrected chi connectivity index (χ4v) is 3.31. The van der Waals surface area contributed by atoms with Crippen LogP contribution in [0.1, 0.15) is 19.8 Å². The molecule has 3 aromatic rings. The van der Waals surface area contributed by atoms with Crippen LogP contribution in [-0.2, 0) is 4.79 Å². The number of nitrogens with zero attached hydrogens (tertiary/aromatic N) is 1. The quantitative estimate of drug-likeness (QED) is 0.621. The van der Waals surface area contributed by atoms with Gasteiger partial charge in [0.15, 0.2) is 0 Å². The van der Waals surface area contributed by atoms with E-state index < -0.39 is 0 Å². The molecule has 1 heterocycles. The molecule has 3 nitrogen and oxygen atoms in total. The molecule has 1 N–H and O–H groups in total. The highest BCUT2D eigenvalue weighted by atomic mass is 35.5. The van der Waals surface area contributed by atoms with E-state index in [0.717, 1.165) is 34.5 Å². The molecule has 3 rings (SSSR count). The predicted octanol–water partition coefficient (Wildman–Crippen LogP) is 5.87. The standard InChI is InChI=1S/C19H17ClN2OS/c1-2-5-19(23)21-13-8-9-14(15-6-3-4-7-17(15)20)16(12-13)18-10-11-24-22-18/h3-4,6-12H,2,5H2,1H3,(H,21,23). The highest BCUT2D eigenvalue weighted by Gasteiger charge is 2.13. The van der Waals surface area contributed by atoms with Crippen LogP contribution in [0.25, 0.3) is 22.4 Å². The lowest BCUT2D eigenvalue weighted by molar-refractivity contribution is -0.116. The van der Waals surface area contributed by atoms with E-state index in [1.807, 2.05) is 60.8 Å². The second kappa shape index (κ2) is 7.60. The summed E-state index contributed by atoms with van der Waals surface area (Å²) in [6, 6.07) is 15.6. The van der Waals surface area contributed by atoms with Gasteiger partial charge < -0.3 is 5.32 Å². The molecule has 5 heteroatoms. The fourth-order valence-electron chi connectivity index (χ4n) is 2.55. The van der Waals surface area contributed by atoms with Crippen molar-refractivity contribution in [3.05, 3.63) is 58.9 Å². The SMILES string of the molecule is CCCC(=O)Nc1ccc(-c2ccccc2Cl)c(-c2ccsn2)c1. The summed E-state index contributed by atoms with van der Waals surface area (Å²) in [5, 5.41) is 5.57. The second-order valence-electron chi connectivity index (χ2n) is 5.42. The minimum atomic E-state index is 0.0206. The molecule has 2 aromatic carbocycles. The Morgan fingerprint density at radius 1 is 1.12 bits per heavy atom. The Labute approximate surface area is 150 Å². The first-order chi connectivity index (χ1) is 11.7.